The zero-order valence-corrected chi connectivity index (χ0v) is 44.0. The van der Waals surface area contributed by atoms with Crippen molar-refractivity contribution >= 4 is 17.9 Å². The van der Waals surface area contributed by atoms with Gasteiger partial charge in [-0.2, -0.15) is 0 Å². The Hall–Kier alpha value is -1.85. The van der Waals surface area contributed by atoms with Crippen LogP contribution in [0, 0.1) is 0 Å². The van der Waals surface area contributed by atoms with Gasteiger partial charge in [-0.25, -0.2) is 0 Å². The quantitative estimate of drug-likeness (QED) is 0.0262. The van der Waals surface area contributed by atoms with Gasteiger partial charge in [0, 0.05) is 19.3 Å². The van der Waals surface area contributed by atoms with Crippen molar-refractivity contribution in [1.29, 1.82) is 0 Å². The highest BCUT2D eigenvalue weighted by Crippen LogP contribution is 2.17. The molecular formula is C59H112O6. The highest BCUT2D eigenvalue weighted by atomic mass is 16.6. The van der Waals surface area contributed by atoms with Crippen molar-refractivity contribution in [3.05, 3.63) is 12.2 Å². The van der Waals surface area contributed by atoms with E-state index in [1.54, 1.807) is 0 Å². The van der Waals surface area contributed by atoms with Crippen molar-refractivity contribution in [3.8, 4) is 0 Å². The number of hydrogen-bond acceptors (Lipinski definition) is 6. The molecule has 0 heterocycles. The van der Waals surface area contributed by atoms with Crippen LogP contribution in [-0.4, -0.2) is 37.2 Å². The van der Waals surface area contributed by atoms with Crippen LogP contribution in [0.25, 0.3) is 0 Å². The summed E-state index contributed by atoms with van der Waals surface area (Å²) in [6.45, 7) is 6.68. The maximum atomic E-state index is 12.8. The molecule has 0 saturated heterocycles. The van der Waals surface area contributed by atoms with Crippen LogP contribution in [0.4, 0.5) is 0 Å². The summed E-state index contributed by atoms with van der Waals surface area (Å²) in [5, 5.41) is 0. The normalized spacial score (nSPS) is 12.0. The smallest absolute Gasteiger partial charge is 0.306 e. The second kappa shape index (κ2) is 54.8. The Morgan fingerprint density at radius 2 is 0.508 bits per heavy atom. The Kier molecular flexibility index (Phi) is 53.2. The largest absolute Gasteiger partial charge is 0.462 e. The lowest BCUT2D eigenvalue weighted by Crippen LogP contribution is -2.30. The van der Waals surface area contributed by atoms with E-state index >= 15 is 0 Å². The lowest BCUT2D eigenvalue weighted by molar-refractivity contribution is -0.167. The third-order valence-electron chi connectivity index (χ3n) is 13.3. The second-order valence-electron chi connectivity index (χ2n) is 19.9. The molecule has 0 saturated carbocycles. The van der Waals surface area contributed by atoms with E-state index in [-0.39, 0.29) is 31.1 Å². The molecule has 0 spiro atoms. The van der Waals surface area contributed by atoms with E-state index in [1.807, 2.05) is 0 Å². The molecule has 0 rings (SSSR count). The monoisotopic (exact) mass is 917 g/mol. The number of allylic oxidation sites excluding steroid dienone is 2. The zero-order valence-electron chi connectivity index (χ0n) is 44.0. The van der Waals surface area contributed by atoms with Crippen LogP contribution in [0.5, 0.6) is 0 Å². The fourth-order valence-corrected chi connectivity index (χ4v) is 8.85. The van der Waals surface area contributed by atoms with Gasteiger partial charge in [0.15, 0.2) is 6.10 Å². The number of hydrogen-bond donors (Lipinski definition) is 0. The molecule has 6 heteroatoms. The van der Waals surface area contributed by atoms with Gasteiger partial charge in [0.25, 0.3) is 0 Å². The van der Waals surface area contributed by atoms with E-state index in [2.05, 4.69) is 32.9 Å². The van der Waals surface area contributed by atoms with Gasteiger partial charge in [-0.15, -0.1) is 0 Å². The third kappa shape index (κ3) is 53.0. The summed E-state index contributed by atoms with van der Waals surface area (Å²) in [5.41, 5.74) is 0. The third-order valence-corrected chi connectivity index (χ3v) is 13.3. The molecule has 6 nitrogen and oxygen atoms in total. The number of ether oxygens (including phenoxy) is 3. The van der Waals surface area contributed by atoms with Gasteiger partial charge in [-0.1, -0.05) is 277 Å². The van der Waals surface area contributed by atoms with Crippen LogP contribution < -0.4 is 0 Å². The first-order chi connectivity index (χ1) is 32.0. The highest BCUT2D eigenvalue weighted by Gasteiger charge is 2.19. The molecule has 0 aliphatic carbocycles. The second-order valence-corrected chi connectivity index (χ2v) is 19.9. The van der Waals surface area contributed by atoms with Gasteiger partial charge in [0.1, 0.15) is 13.2 Å². The van der Waals surface area contributed by atoms with Crippen molar-refractivity contribution in [2.75, 3.05) is 13.2 Å². The fraction of sp³-hybridized carbons (Fsp3) is 0.915. The van der Waals surface area contributed by atoms with E-state index in [0.29, 0.717) is 19.3 Å². The van der Waals surface area contributed by atoms with Gasteiger partial charge in [-0.05, 0) is 44.9 Å². The Balaban J connectivity index is 4.31. The molecule has 0 bridgehead atoms. The summed E-state index contributed by atoms with van der Waals surface area (Å²) in [5.74, 6) is -0.845. The Morgan fingerprint density at radius 1 is 0.292 bits per heavy atom. The topological polar surface area (TPSA) is 78.9 Å². The first kappa shape index (κ1) is 63.1. The van der Waals surface area contributed by atoms with Crippen molar-refractivity contribution in [2.24, 2.45) is 0 Å². The van der Waals surface area contributed by atoms with E-state index in [1.165, 1.54) is 231 Å². The van der Waals surface area contributed by atoms with Crippen LogP contribution in [0.1, 0.15) is 329 Å². The minimum absolute atomic E-state index is 0.0657. The SMILES string of the molecule is CCCCCC/C=C\CCCCCCCCCC(=O)O[C@@H](COC(=O)CCCCCCCCCCCCCCCCC)COC(=O)CCCCCCCCCCCCCCCCCCC. The minimum atomic E-state index is -0.766. The summed E-state index contributed by atoms with van der Waals surface area (Å²) in [6.07, 6.45) is 62.0. The van der Waals surface area contributed by atoms with Gasteiger partial charge in [-0.3, -0.25) is 14.4 Å². The predicted octanol–water partition coefficient (Wildman–Crippen LogP) is 19.3. The summed E-state index contributed by atoms with van der Waals surface area (Å²) < 4.78 is 16.9. The summed E-state index contributed by atoms with van der Waals surface area (Å²) in [7, 11) is 0. The molecule has 0 amide bonds. The molecule has 0 fully saturated rings. The van der Waals surface area contributed by atoms with E-state index in [0.717, 1.165) is 57.8 Å². The van der Waals surface area contributed by atoms with E-state index in [4.69, 9.17) is 14.2 Å². The van der Waals surface area contributed by atoms with Crippen LogP contribution in [0.3, 0.4) is 0 Å². The van der Waals surface area contributed by atoms with Crippen molar-refractivity contribution < 1.29 is 28.6 Å². The maximum Gasteiger partial charge on any atom is 0.306 e. The summed E-state index contributed by atoms with van der Waals surface area (Å²) in [4.78, 5) is 38.1. The average Bonchev–Trinajstić information content (AvgIpc) is 3.30. The number of esters is 3. The molecule has 1 atom stereocenters. The van der Waals surface area contributed by atoms with Gasteiger partial charge in [0.05, 0.1) is 0 Å². The molecule has 0 aliphatic rings. The molecule has 65 heavy (non-hydrogen) atoms. The Bertz CT molecular complexity index is 1010. The van der Waals surface area contributed by atoms with Gasteiger partial charge < -0.3 is 14.2 Å². The molecule has 0 radical (unpaired) electrons. The Labute approximate surface area is 405 Å². The minimum Gasteiger partial charge on any atom is -0.462 e. The molecule has 0 aliphatic heterocycles. The number of carbonyl (C=O) groups is 3. The molecule has 0 aromatic carbocycles. The molecule has 0 N–H and O–H groups in total. The van der Waals surface area contributed by atoms with Crippen LogP contribution in [-0.2, 0) is 28.6 Å². The van der Waals surface area contributed by atoms with Crippen LogP contribution >= 0.6 is 0 Å². The standard InChI is InChI=1S/C59H112O6/c1-4-7-10-13-16-19-22-25-28-29-32-34-37-40-43-46-49-52-58(61)64-55-56(65-59(62)53-50-47-44-41-38-35-31-27-24-21-18-15-12-9-6-3)54-63-57(60)51-48-45-42-39-36-33-30-26-23-20-17-14-11-8-5-2/h21,24,56H,4-20,22-23,25-55H2,1-3H3/b24-21-/t56-/m0/s1. The van der Waals surface area contributed by atoms with Crippen molar-refractivity contribution in [2.45, 2.75) is 335 Å². The van der Waals surface area contributed by atoms with Crippen molar-refractivity contribution in [3.63, 3.8) is 0 Å². The van der Waals surface area contributed by atoms with Crippen molar-refractivity contribution in [1.82, 2.24) is 0 Å². The molecule has 0 aromatic heterocycles. The first-order valence-corrected chi connectivity index (χ1v) is 29.2. The average molecular weight is 918 g/mol. The van der Waals surface area contributed by atoms with Gasteiger partial charge in [0.2, 0.25) is 0 Å². The van der Waals surface area contributed by atoms with E-state index < -0.39 is 6.10 Å². The zero-order chi connectivity index (χ0) is 47.2. The van der Waals surface area contributed by atoms with Gasteiger partial charge >= 0.3 is 17.9 Å². The highest BCUT2D eigenvalue weighted by molar-refractivity contribution is 5.71. The molecule has 0 aromatic rings. The van der Waals surface area contributed by atoms with E-state index in [9.17, 15) is 14.4 Å². The Morgan fingerprint density at radius 3 is 0.785 bits per heavy atom. The molecular weight excluding hydrogens is 805 g/mol. The lowest BCUT2D eigenvalue weighted by Gasteiger charge is -2.18. The summed E-state index contributed by atoms with van der Waals surface area (Å²) >= 11 is 0. The number of carbonyl (C=O) groups excluding carboxylic acids is 3. The van der Waals surface area contributed by atoms with Crippen LogP contribution in [0.2, 0.25) is 0 Å². The first-order valence-electron chi connectivity index (χ1n) is 29.2. The molecule has 0 unspecified atom stereocenters. The maximum absolute atomic E-state index is 12.8. The predicted molar refractivity (Wildman–Crippen MR) is 280 cm³/mol. The summed E-state index contributed by atoms with van der Waals surface area (Å²) in [6, 6.07) is 0. The fourth-order valence-electron chi connectivity index (χ4n) is 8.85. The number of rotatable bonds is 54. The molecule has 384 valence electrons. The number of unbranched alkanes of at least 4 members (excludes halogenated alkanes) is 41. The lowest BCUT2D eigenvalue weighted by atomic mass is 10.0. The van der Waals surface area contributed by atoms with Crippen LogP contribution in [0.15, 0.2) is 12.2 Å².